The van der Waals surface area contributed by atoms with Crippen molar-refractivity contribution in [1.82, 2.24) is 19.9 Å². The molecule has 0 unspecified atom stereocenters. The number of methoxy groups -OCH3 is 2. The number of halogens is 1. The molecule has 0 atom stereocenters. The third-order valence-electron chi connectivity index (χ3n) is 4.48. The van der Waals surface area contributed by atoms with Crippen molar-refractivity contribution in [2.75, 3.05) is 14.2 Å². The zero-order valence-corrected chi connectivity index (χ0v) is 21.5. The molecule has 4 aromatic rings. The van der Waals surface area contributed by atoms with Crippen molar-refractivity contribution in [3.8, 4) is 23.3 Å². The molecule has 3 N–H and O–H groups in total. The van der Waals surface area contributed by atoms with Gasteiger partial charge in [-0.3, -0.25) is 0 Å². The molecule has 0 fully saturated rings. The van der Waals surface area contributed by atoms with Crippen LogP contribution < -0.4 is 9.47 Å². The maximum atomic E-state index is 11.1. The van der Waals surface area contributed by atoms with E-state index in [-0.39, 0.29) is 34.2 Å². The molecule has 0 saturated heterocycles. The van der Waals surface area contributed by atoms with Crippen molar-refractivity contribution in [2.24, 2.45) is 4.30 Å². The third-order valence-corrected chi connectivity index (χ3v) is 5.23. The number of nitrogens with zero attached hydrogens (tertiary/aromatic N) is 5. The van der Waals surface area contributed by atoms with Crippen LogP contribution in [-0.2, 0) is 0 Å². The molecular formula is C21H20BBrN5O6S. The number of hydrogen-bond acceptors (Lipinski definition) is 11. The first-order valence-electron chi connectivity index (χ1n) is 9.61. The van der Waals surface area contributed by atoms with Gasteiger partial charge in [0.15, 0.2) is 11.5 Å². The van der Waals surface area contributed by atoms with Gasteiger partial charge < -0.3 is 24.8 Å². The molecule has 4 rings (SSSR count). The number of carboxylic acid groups (broad SMARTS) is 1. The van der Waals surface area contributed by atoms with Gasteiger partial charge in [0.25, 0.3) is 0 Å². The minimum atomic E-state index is -1.25. The van der Waals surface area contributed by atoms with Crippen LogP contribution in [0.1, 0.15) is 21.7 Å². The number of pyridine rings is 4. The summed E-state index contributed by atoms with van der Waals surface area (Å²) in [7, 11) is 7.31. The van der Waals surface area contributed by atoms with Crippen molar-refractivity contribution in [3.05, 3.63) is 45.7 Å². The molecule has 0 amide bonds. The fraction of sp³-hybridized carbons (Fsp3) is 0.190. The van der Waals surface area contributed by atoms with Gasteiger partial charge in [-0.25, -0.2) is 24.7 Å². The molecule has 0 aliphatic rings. The molecule has 4 heterocycles. The molecule has 35 heavy (non-hydrogen) atoms. The van der Waals surface area contributed by atoms with Crippen molar-refractivity contribution in [2.45, 2.75) is 13.8 Å². The molecule has 0 saturated carbocycles. The van der Waals surface area contributed by atoms with E-state index in [1.165, 1.54) is 14.0 Å². The zero-order chi connectivity index (χ0) is 26.3. The number of carbonyl (C=O) groups is 1. The van der Waals surface area contributed by atoms with Crippen LogP contribution in [0, 0.1) is 13.8 Å². The first-order valence-corrected chi connectivity index (χ1v) is 10.8. The summed E-state index contributed by atoms with van der Waals surface area (Å²) < 4.78 is 13.2. The van der Waals surface area contributed by atoms with Crippen LogP contribution in [0.2, 0.25) is 0 Å². The molecule has 0 spiro atoms. The van der Waals surface area contributed by atoms with E-state index in [4.69, 9.17) is 14.6 Å². The van der Waals surface area contributed by atoms with Crippen molar-refractivity contribution < 1.29 is 29.6 Å². The number of rotatable bonds is 3. The predicted octanol–water partition coefficient (Wildman–Crippen LogP) is 3.95. The number of aryl methyl sites for hydroxylation is 2. The van der Waals surface area contributed by atoms with Gasteiger partial charge in [0, 0.05) is 12.1 Å². The number of aromatic hydroxyl groups is 2. The molecule has 0 aliphatic heterocycles. The summed E-state index contributed by atoms with van der Waals surface area (Å²) in [6.07, 6.45) is 0. The average Bonchev–Trinajstić information content (AvgIpc) is 2.83. The zero-order valence-electron chi connectivity index (χ0n) is 19.0. The fourth-order valence-corrected chi connectivity index (χ4v) is 3.43. The van der Waals surface area contributed by atoms with Crippen LogP contribution in [0.5, 0.6) is 23.3 Å². The van der Waals surface area contributed by atoms with E-state index in [1.54, 1.807) is 38.3 Å². The van der Waals surface area contributed by atoms with E-state index < -0.39 is 5.97 Å². The van der Waals surface area contributed by atoms with Gasteiger partial charge in [0.05, 0.1) is 41.1 Å². The van der Waals surface area contributed by atoms with Crippen LogP contribution in [0.25, 0.3) is 22.1 Å². The quantitative estimate of drug-likeness (QED) is 0.213. The van der Waals surface area contributed by atoms with E-state index in [9.17, 15) is 15.0 Å². The van der Waals surface area contributed by atoms with Crippen LogP contribution in [0.15, 0.2) is 33.0 Å². The van der Waals surface area contributed by atoms with Crippen molar-refractivity contribution in [1.29, 1.82) is 0 Å². The van der Waals surface area contributed by atoms with Crippen LogP contribution in [0.4, 0.5) is 0 Å². The number of aromatic nitrogens is 4. The van der Waals surface area contributed by atoms with E-state index in [2.05, 4.69) is 60.6 Å². The Labute approximate surface area is 215 Å². The summed E-state index contributed by atoms with van der Waals surface area (Å²) in [6.45, 7) is 3.27. The average molecular weight is 561 g/mol. The van der Waals surface area contributed by atoms with Gasteiger partial charge in [0.2, 0.25) is 11.8 Å². The predicted molar refractivity (Wildman–Crippen MR) is 137 cm³/mol. The van der Waals surface area contributed by atoms with E-state index in [1.807, 2.05) is 0 Å². The summed E-state index contributed by atoms with van der Waals surface area (Å²) in [5.41, 5.74) is 2.39. The number of thiol groups is 1. The van der Waals surface area contributed by atoms with Crippen LogP contribution in [-0.4, -0.2) is 63.1 Å². The second kappa shape index (κ2) is 12.3. The second-order valence-electron chi connectivity index (χ2n) is 6.64. The van der Waals surface area contributed by atoms with Crippen molar-refractivity contribution in [3.63, 3.8) is 0 Å². The molecule has 14 heteroatoms. The molecule has 181 valence electrons. The Hall–Kier alpha value is -3.52. The van der Waals surface area contributed by atoms with Gasteiger partial charge in [-0.1, -0.05) is 0 Å². The Morgan fingerprint density at radius 1 is 0.914 bits per heavy atom. The van der Waals surface area contributed by atoms with E-state index >= 15 is 0 Å². The van der Waals surface area contributed by atoms with Gasteiger partial charge >= 0.3 is 30.7 Å². The summed E-state index contributed by atoms with van der Waals surface area (Å²) in [5, 5.41) is 28.5. The number of carboxylic acids is 1. The molecule has 1 radical (unpaired) electrons. The summed E-state index contributed by atoms with van der Waals surface area (Å²) in [5.74, 6) is -0.744. The number of hydrogen-bond donors (Lipinski definition) is 4. The molecule has 11 nitrogen and oxygen atoms in total. The fourth-order valence-electron chi connectivity index (χ4n) is 2.85. The molecule has 0 aromatic carbocycles. The van der Waals surface area contributed by atoms with Crippen LogP contribution in [0.3, 0.4) is 0 Å². The maximum absolute atomic E-state index is 11.1. The Balaban J connectivity index is 0.000000223. The van der Waals surface area contributed by atoms with E-state index in [0.29, 0.717) is 27.1 Å². The van der Waals surface area contributed by atoms with Gasteiger partial charge in [0.1, 0.15) is 16.6 Å². The first-order chi connectivity index (χ1) is 16.6. The molecular weight excluding hydrogens is 541 g/mol. The third kappa shape index (κ3) is 6.34. The van der Waals surface area contributed by atoms with Gasteiger partial charge in [-0.05, 0) is 41.9 Å². The number of ether oxygens (including phenoxy) is 2. The van der Waals surface area contributed by atoms with Gasteiger partial charge in [-0.2, -0.15) is 0 Å². The Bertz CT molecular complexity index is 1410. The molecule has 4 aromatic heterocycles. The first kappa shape index (κ1) is 27.7. The number of fused-ring (bicyclic) bond motifs is 2. The standard InChI is InChI=1S/C11H10N2O4.C10H9BrN2O2.BHNS/c1-5-10(14)8(11(15)16)9-6(12-5)3-4-7(13-9)17-2;1-5-10(14)8(11)9-6(12-5)3-4-7(13-9)15-2;1-2-3/h3-4,14H,1-2H3,(H,15,16);3-4,14H,1-2H3;3H. The van der Waals surface area contributed by atoms with Gasteiger partial charge in [-0.15, -0.1) is 0 Å². The Morgan fingerprint density at radius 2 is 1.34 bits per heavy atom. The monoisotopic (exact) mass is 560 g/mol. The van der Waals surface area contributed by atoms with E-state index in [0.717, 1.165) is 5.52 Å². The van der Waals surface area contributed by atoms with Crippen LogP contribution >= 0.6 is 28.7 Å². The molecule has 0 bridgehead atoms. The SMILES string of the molecule is COc1ccc2nc(C)c(O)c(Br)c2n1.COc1ccc2nc(C)c(O)c(C(=O)O)c2n1.[B]=NS. The Kier molecular flexibility index (Phi) is 9.72. The van der Waals surface area contributed by atoms with Crippen molar-refractivity contribution >= 4 is 64.4 Å². The second-order valence-corrected chi connectivity index (χ2v) is 7.67. The topological polar surface area (TPSA) is 160 Å². The summed E-state index contributed by atoms with van der Waals surface area (Å²) >= 11 is 6.48. The summed E-state index contributed by atoms with van der Waals surface area (Å²) in [6, 6.07) is 6.72. The Morgan fingerprint density at radius 3 is 1.80 bits per heavy atom. The minimum absolute atomic E-state index is 0.111. The normalized spacial score (nSPS) is 9.97. The molecule has 0 aliphatic carbocycles. The summed E-state index contributed by atoms with van der Waals surface area (Å²) in [4.78, 5) is 27.6. The number of aromatic carboxylic acids is 1.